The number of phenols is 1. The molecule has 1 aliphatic rings. The van der Waals surface area contributed by atoms with E-state index >= 15 is 0 Å². The van der Waals surface area contributed by atoms with Gasteiger partial charge in [0.05, 0.1) is 12.7 Å². The quantitative estimate of drug-likeness (QED) is 0.205. The van der Waals surface area contributed by atoms with Gasteiger partial charge in [-0.05, 0) is 41.8 Å². The first-order chi connectivity index (χ1) is 18.4. The van der Waals surface area contributed by atoms with Crippen molar-refractivity contribution in [2.75, 3.05) is 12.4 Å². The fraction of sp³-hybridized carbons (Fsp3) is 0.179. The smallest absolute Gasteiger partial charge is 0.338 e. The molecule has 4 aromatic rings. The van der Waals surface area contributed by atoms with Gasteiger partial charge in [0.25, 0.3) is 0 Å². The summed E-state index contributed by atoms with van der Waals surface area (Å²) in [6.07, 6.45) is 0. The standard InChI is InChI=1S/C28H25ClN4O4S/c1-17-24(26(35)37-15-18-8-4-3-5-9-18)25(19-12-13-22(34)23(14-19)36-2)33-27(30-17)31-28(32-33)38-16-20-10-6-7-11-21(20)29/h3-14,25,34H,15-16H2,1-2H3,(H,30,31,32). The van der Waals surface area contributed by atoms with Crippen molar-refractivity contribution < 1.29 is 19.4 Å². The van der Waals surface area contributed by atoms with Crippen molar-refractivity contribution >= 4 is 35.3 Å². The topological polar surface area (TPSA) is 98.5 Å². The Bertz CT molecular complexity index is 1510. The lowest BCUT2D eigenvalue weighted by atomic mass is 9.95. The van der Waals surface area contributed by atoms with Crippen molar-refractivity contribution in [3.63, 3.8) is 0 Å². The summed E-state index contributed by atoms with van der Waals surface area (Å²) < 4.78 is 12.7. The highest BCUT2D eigenvalue weighted by Crippen LogP contribution is 2.40. The van der Waals surface area contributed by atoms with E-state index in [2.05, 4.69) is 10.3 Å². The van der Waals surface area contributed by atoms with E-state index in [4.69, 9.17) is 26.2 Å². The molecule has 0 fully saturated rings. The summed E-state index contributed by atoms with van der Waals surface area (Å²) in [7, 11) is 1.47. The van der Waals surface area contributed by atoms with Gasteiger partial charge in [0, 0.05) is 16.5 Å². The first-order valence-corrected chi connectivity index (χ1v) is 13.2. The van der Waals surface area contributed by atoms with Crippen LogP contribution in [0, 0.1) is 0 Å². The normalized spacial score (nSPS) is 14.6. The van der Waals surface area contributed by atoms with E-state index in [-0.39, 0.29) is 18.1 Å². The van der Waals surface area contributed by atoms with Crippen LogP contribution in [-0.4, -0.2) is 33.0 Å². The number of anilines is 1. The number of esters is 1. The molecule has 194 valence electrons. The number of fused-ring (bicyclic) bond motifs is 1. The first kappa shape index (κ1) is 25.7. The van der Waals surface area contributed by atoms with Gasteiger partial charge in [0.2, 0.25) is 11.1 Å². The predicted molar refractivity (Wildman–Crippen MR) is 146 cm³/mol. The highest BCUT2D eigenvalue weighted by Gasteiger charge is 2.35. The lowest BCUT2D eigenvalue weighted by Crippen LogP contribution is -2.29. The van der Waals surface area contributed by atoms with Crippen molar-refractivity contribution in [3.8, 4) is 11.5 Å². The predicted octanol–water partition coefficient (Wildman–Crippen LogP) is 5.97. The zero-order valence-corrected chi connectivity index (χ0v) is 22.3. The van der Waals surface area contributed by atoms with Crippen LogP contribution in [-0.2, 0) is 21.9 Å². The molecule has 1 unspecified atom stereocenters. The van der Waals surface area contributed by atoms with Gasteiger partial charge in [-0.1, -0.05) is 78.0 Å². The van der Waals surface area contributed by atoms with Gasteiger partial charge in [0.1, 0.15) is 12.6 Å². The largest absolute Gasteiger partial charge is 0.504 e. The molecule has 2 heterocycles. The molecule has 0 amide bonds. The molecule has 5 rings (SSSR count). The molecule has 2 N–H and O–H groups in total. The lowest BCUT2D eigenvalue weighted by molar-refractivity contribution is -0.140. The molecule has 1 aromatic heterocycles. The zero-order valence-electron chi connectivity index (χ0n) is 20.7. The van der Waals surface area contributed by atoms with Crippen LogP contribution in [0.1, 0.15) is 29.7 Å². The SMILES string of the molecule is COc1cc(C2C(C(=O)OCc3ccccc3)=C(C)Nc3nc(SCc4ccccc4Cl)nn32)ccc1O. The first-order valence-electron chi connectivity index (χ1n) is 11.8. The van der Waals surface area contributed by atoms with Crippen LogP contribution >= 0.6 is 23.4 Å². The molecule has 0 bridgehead atoms. The van der Waals surface area contributed by atoms with E-state index < -0.39 is 12.0 Å². The van der Waals surface area contributed by atoms with Gasteiger partial charge in [-0.2, -0.15) is 4.98 Å². The van der Waals surface area contributed by atoms with Gasteiger partial charge < -0.3 is 19.9 Å². The Morgan fingerprint density at radius 3 is 2.66 bits per heavy atom. The third-order valence-corrected chi connectivity index (χ3v) is 7.36. The maximum Gasteiger partial charge on any atom is 0.338 e. The second-order valence-corrected chi connectivity index (χ2v) is 9.95. The minimum atomic E-state index is -0.661. The summed E-state index contributed by atoms with van der Waals surface area (Å²) in [5.41, 5.74) is 3.52. The van der Waals surface area contributed by atoms with Crippen molar-refractivity contribution in [2.24, 2.45) is 0 Å². The second kappa shape index (κ2) is 11.2. The van der Waals surface area contributed by atoms with Gasteiger partial charge in [-0.3, -0.25) is 0 Å². The van der Waals surface area contributed by atoms with E-state index in [1.807, 2.05) is 54.6 Å². The summed E-state index contributed by atoms with van der Waals surface area (Å²) >= 11 is 7.76. The maximum atomic E-state index is 13.5. The van der Waals surface area contributed by atoms with Gasteiger partial charge in [-0.25, -0.2) is 9.48 Å². The number of carbonyl (C=O) groups is 1. The molecule has 38 heavy (non-hydrogen) atoms. The molecule has 8 nitrogen and oxygen atoms in total. The fourth-order valence-corrected chi connectivity index (χ4v) is 5.30. The summed E-state index contributed by atoms with van der Waals surface area (Å²) in [6, 6.07) is 21.4. The molecule has 1 atom stereocenters. The fourth-order valence-electron chi connectivity index (χ4n) is 4.19. The minimum Gasteiger partial charge on any atom is -0.504 e. The van der Waals surface area contributed by atoms with Gasteiger partial charge in [0.15, 0.2) is 11.5 Å². The van der Waals surface area contributed by atoms with E-state index in [0.29, 0.717) is 38.7 Å². The number of hydrogen-bond donors (Lipinski definition) is 2. The highest BCUT2D eigenvalue weighted by atomic mass is 35.5. The van der Waals surface area contributed by atoms with E-state index in [1.54, 1.807) is 23.7 Å². The minimum absolute atomic E-state index is 0.00566. The Morgan fingerprint density at radius 2 is 1.89 bits per heavy atom. The molecule has 10 heteroatoms. The molecule has 0 radical (unpaired) electrons. The van der Waals surface area contributed by atoms with Crippen LogP contribution in [0.2, 0.25) is 5.02 Å². The Hall–Kier alpha value is -3.95. The van der Waals surface area contributed by atoms with Crippen LogP contribution in [0.3, 0.4) is 0 Å². The maximum absolute atomic E-state index is 13.5. The third-order valence-electron chi connectivity index (χ3n) is 6.10. The number of halogens is 1. The number of nitrogens with zero attached hydrogens (tertiary/aromatic N) is 3. The van der Waals surface area contributed by atoms with E-state index in [0.717, 1.165) is 11.1 Å². The van der Waals surface area contributed by atoms with E-state index in [9.17, 15) is 9.90 Å². The van der Waals surface area contributed by atoms with Crippen LogP contribution in [0.4, 0.5) is 5.95 Å². The van der Waals surface area contributed by atoms with Crippen molar-refractivity contribution in [3.05, 3.63) is 106 Å². The number of phenolic OH excluding ortho intramolecular Hbond substituents is 1. The van der Waals surface area contributed by atoms with Crippen LogP contribution < -0.4 is 10.1 Å². The molecule has 0 saturated heterocycles. The molecule has 0 saturated carbocycles. The number of rotatable bonds is 8. The van der Waals surface area contributed by atoms with Crippen LogP contribution in [0.5, 0.6) is 11.5 Å². The number of hydrogen-bond acceptors (Lipinski definition) is 8. The molecule has 3 aromatic carbocycles. The number of carbonyl (C=O) groups excluding carboxylic acids is 1. The summed E-state index contributed by atoms with van der Waals surface area (Å²) in [5.74, 6) is 0.863. The number of allylic oxidation sites excluding steroid dienone is 1. The summed E-state index contributed by atoms with van der Waals surface area (Å²) in [6.45, 7) is 1.93. The number of methoxy groups -OCH3 is 1. The molecule has 0 spiro atoms. The third kappa shape index (κ3) is 5.34. The number of benzene rings is 3. The Balaban J connectivity index is 1.49. The molecular formula is C28H25ClN4O4S. The highest BCUT2D eigenvalue weighted by molar-refractivity contribution is 7.98. The number of ether oxygens (including phenoxy) is 2. The second-order valence-electron chi connectivity index (χ2n) is 8.60. The van der Waals surface area contributed by atoms with Crippen molar-refractivity contribution in [1.82, 2.24) is 14.8 Å². The Kier molecular flexibility index (Phi) is 7.57. The average Bonchev–Trinajstić information content (AvgIpc) is 3.33. The molecule has 1 aliphatic heterocycles. The van der Waals surface area contributed by atoms with Crippen molar-refractivity contribution in [1.29, 1.82) is 0 Å². The summed E-state index contributed by atoms with van der Waals surface area (Å²) in [4.78, 5) is 18.1. The Morgan fingerprint density at radius 1 is 1.13 bits per heavy atom. The number of nitrogens with one attached hydrogen (secondary N) is 1. The van der Waals surface area contributed by atoms with Crippen molar-refractivity contribution in [2.45, 2.75) is 30.5 Å². The lowest BCUT2D eigenvalue weighted by Gasteiger charge is -2.28. The monoisotopic (exact) mass is 548 g/mol. The molecular weight excluding hydrogens is 524 g/mol. The molecule has 0 aliphatic carbocycles. The zero-order chi connectivity index (χ0) is 26.6. The average molecular weight is 549 g/mol. The number of aromatic hydroxyl groups is 1. The number of thioether (sulfide) groups is 1. The Labute approximate surface area is 229 Å². The van der Waals surface area contributed by atoms with Gasteiger partial charge >= 0.3 is 5.97 Å². The number of aromatic nitrogens is 3. The summed E-state index contributed by atoms with van der Waals surface area (Å²) in [5, 5.41) is 19.3. The van der Waals surface area contributed by atoms with E-state index in [1.165, 1.54) is 24.9 Å². The van der Waals surface area contributed by atoms with Crippen LogP contribution in [0.15, 0.2) is 89.2 Å². The van der Waals surface area contributed by atoms with Gasteiger partial charge in [-0.15, -0.1) is 5.10 Å². The van der Waals surface area contributed by atoms with Crippen LogP contribution in [0.25, 0.3) is 0 Å².